The summed E-state index contributed by atoms with van der Waals surface area (Å²) in [6.45, 7) is 0. The maximum absolute atomic E-state index is 12.9. The molecule has 4 heteroatoms. The summed E-state index contributed by atoms with van der Waals surface area (Å²) in [5.74, 6) is -0.971. The monoisotopic (exact) mass is 228 g/mol. The fourth-order valence-corrected chi connectivity index (χ4v) is 1.79. The number of nitrogens with zero attached hydrogens (tertiary/aromatic N) is 1. The number of benzene rings is 1. The van der Waals surface area contributed by atoms with Crippen LogP contribution >= 0.6 is 0 Å². The van der Waals surface area contributed by atoms with Crippen LogP contribution in [0.4, 0.5) is 4.39 Å². The molecule has 1 aromatic carbocycles. The van der Waals surface area contributed by atoms with E-state index in [9.17, 15) is 9.50 Å². The number of fused-ring (bicyclic) bond motifs is 1. The number of aromatic amines is 1. The van der Waals surface area contributed by atoms with Gasteiger partial charge in [0.05, 0.1) is 0 Å². The SMILES string of the molecule is Oc1cc(-c2cnc3[nH]ccc3c2)ccc1F. The summed E-state index contributed by atoms with van der Waals surface area (Å²) >= 11 is 0. The zero-order chi connectivity index (χ0) is 11.8. The second kappa shape index (κ2) is 3.59. The molecule has 0 aliphatic rings. The number of pyridine rings is 1. The van der Waals surface area contributed by atoms with E-state index < -0.39 is 5.82 Å². The van der Waals surface area contributed by atoms with Crippen molar-refractivity contribution in [3.8, 4) is 16.9 Å². The van der Waals surface area contributed by atoms with Crippen molar-refractivity contribution in [2.45, 2.75) is 0 Å². The summed E-state index contributed by atoms with van der Waals surface area (Å²) in [5, 5.41) is 10.3. The first-order valence-corrected chi connectivity index (χ1v) is 5.16. The molecule has 0 saturated heterocycles. The lowest BCUT2D eigenvalue weighted by atomic mass is 10.1. The number of nitrogens with one attached hydrogen (secondary N) is 1. The van der Waals surface area contributed by atoms with Gasteiger partial charge in [0, 0.05) is 23.3 Å². The van der Waals surface area contributed by atoms with Crippen LogP contribution in [-0.2, 0) is 0 Å². The first-order valence-electron chi connectivity index (χ1n) is 5.16. The molecule has 0 unspecified atom stereocenters. The molecule has 3 aromatic rings. The highest BCUT2D eigenvalue weighted by Gasteiger charge is 2.05. The molecule has 0 fully saturated rings. The number of phenolic OH excluding ortho intramolecular Hbond substituents is 1. The third-order valence-corrected chi connectivity index (χ3v) is 2.68. The molecule has 2 aromatic heterocycles. The van der Waals surface area contributed by atoms with Gasteiger partial charge in [0.15, 0.2) is 11.6 Å². The number of H-pyrrole nitrogens is 1. The number of phenols is 1. The second-order valence-electron chi connectivity index (χ2n) is 3.81. The van der Waals surface area contributed by atoms with Gasteiger partial charge in [0.1, 0.15) is 5.65 Å². The second-order valence-corrected chi connectivity index (χ2v) is 3.81. The van der Waals surface area contributed by atoms with E-state index in [4.69, 9.17) is 0 Å². The largest absolute Gasteiger partial charge is 0.505 e. The number of hydrogen-bond donors (Lipinski definition) is 2. The predicted molar refractivity (Wildman–Crippen MR) is 63.2 cm³/mol. The average Bonchev–Trinajstić information content (AvgIpc) is 2.79. The molecule has 0 aliphatic carbocycles. The number of aromatic nitrogens is 2. The van der Waals surface area contributed by atoms with Crippen molar-refractivity contribution < 1.29 is 9.50 Å². The van der Waals surface area contributed by atoms with Gasteiger partial charge in [0.25, 0.3) is 0 Å². The molecule has 2 N–H and O–H groups in total. The average molecular weight is 228 g/mol. The summed E-state index contributed by atoms with van der Waals surface area (Å²) < 4.78 is 12.9. The Hall–Kier alpha value is -2.36. The Labute approximate surface area is 96.6 Å². The maximum atomic E-state index is 12.9. The van der Waals surface area contributed by atoms with Gasteiger partial charge < -0.3 is 10.1 Å². The minimum atomic E-state index is -0.621. The first-order chi connectivity index (χ1) is 8.24. The van der Waals surface area contributed by atoms with Crippen LogP contribution in [0.3, 0.4) is 0 Å². The van der Waals surface area contributed by atoms with E-state index in [-0.39, 0.29) is 5.75 Å². The number of rotatable bonds is 1. The first kappa shape index (κ1) is 9.84. The van der Waals surface area contributed by atoms with Gasteiger partial charge in [-0.05, 0) is 29.8 Å². The van der Waals surface area contributed by atoms with Crippen LogP contribution in [0.5, 0.6) is 5.75 Å². The Balaban J connectivity index is 2.16. The standard InChI is InChI=1S/C13H9FN2O/c14-11-2-1-8(6-12(11)17)10-5-9-3-4-15-13(9)16-7-10/h1-7,17H,(H,15,16). The third kappa shape index (κ3) is 1.63. The number of aromatic hydroxyl groups is 1. The van der Waals surface area contributed by atoms with Crippen molar-refractivity contribution in [1.29, 1.82) is 0 Å². The lowest BCUT2D eigenvalue weighted by Crippen LogP contribution is -1.83. The molecule has 0 radical (unpaired) electrons. The molecule has 2 heterocycles. The molecular formula is C13H9FN2O. The van der Waals surface area contributed by atoms with Crippen molar-refractivity contribution in [3.63, 3.8) is 0 Å². The summed E-state index contributed by atoms with van der Waals surface area (Å²) in [4.78, 5) is 7.24. The Morgan fingerprint density at radius 3 is 2.82 bits per heavy atom. The molecule has 0 atom stereocenters. The predicted octanol–water partition coefficient (Wildman–Crippen LogP) is 3.07. The van der Waals surface area contributed by atoms with Gasteiger partial charge in [-0.1, -0.05) is 6.07 Å². The number of hydrogen-bond acceptors (Lipinski definition) is 2. The van der Waals surface area contributed by atoms with Crippen molar-refractivity contribution in [1.82, 2.24) is 9.97 Å². The Morgan fingerprint density at radius 1 is 1.12 bits per heavy atom. The number of halogens is 1. The summed E-state index contributed by atoms with van der Waals surface area (Å²) in [6.07, 6.45) is 3.50. The summed E-state index contributed by atoms with van der Waals surface area (Å²) in [6, 6.07) is 8.10. The van der Waals surface area contributed by atoms with Crippen LogP contribution < -0.4 is 0 Å². The molecular weight excluding hydrogens is 219 g/mol. The van der Waals surface area contributed by atoms with Crippen LogP contribution in [0.15, 0.2) is 42.7 Å². The van der Waals surface area contributed by atoms with E-state index in [1.54, 1.807) is 12.3 Å². The smallest absolute Gasteiger partial charge is 0.164 e. The molecule has 84 valence electrons. The molecule has 3 nitrogen and oxygen atoms in total. The molecule has 0 saturated carbocycles. The summed E-state index contributed by atoms with van der Waals surface area (Å²) in [7, 11) is 0. The minimum absolute atomic E-state index is 0.350. The fourth-order valence-electron chi connectivity index (χ4n) is 1.79. The molecule has 17 heavy (non-hydrogen) atoms. The normalized spacial score (nSPS) is 10.9. The van der Waals surface area contributed by atoms with E-state index >= 15 is 0 Å². The zero-order valence-electron chi connectivity index (χ0n) is 8.81. The Bertz CT molecular complexity index is 691. The van der Waals surface area contributed by atoms with E-state index in [1.807, 2.05) is 18.3 Å². The van der Waals surface area contributed by atoms with Crippen LogP contribution in [0, 0.1) is 5.82 Å². The lowest BCUT2D eigenvalue weighted by molar-refractivity contribution is 0.433. The highest BCUT2D eigenvalue weighted by atomic mass is 19.1. The van der Waals surface area contributed by atoms with Crippen molar-refractivity contribution in [3.05, 3.63) is 48.5 Å². The lowest BCUT2D eigenvalue weighted by Gasteiger charge is -2.03. The van der Waals surface area contributed by atoms with Crippen LogP contribution in [0.2, 0.25) is 0 Å². The van der Waals surface area contributed by atoms with Gasteiger partial charge in [-0.25, -0.2) is 9.37 Å². The van der Waals surface area contributed by atoms with Crippen molar-refractivity contribution >= 4 is 11.0 Å². The molecule has 0 aliphatic heterocycles. The fraction of sp³-hybridized carbons (Fsp3) is 0. The molecule has 0 amide bonds. The highest BCUT2D eigenvalue weighted by molar-refractivity contribution is 5.81. The highest BCUT2D eigenvalue weighted by Crippen LogP contribution is 2.26. The Kier molecular flexibility index (Phi) is 2.08. The van der Waals surface area contributed by atoms with Crippen molar-refractivity contribution in [2.75, 3.05) is 0 Å². The zero-order valence-corrected chi connectivity index (χ0v) is 8.81. The van der Waals surface area contributed by atoms with E-state index in [1.165, 1.54) is 12.1 Å². The van der Waals surface area contributed by atoms with Gasteiger partial charge >= 0.3 is 0 Å². The van der Waals surface area contributed by atoms with Gasteiger partial charge in [0.2, 0.25) is 0 Å². The van der Waals surface area contributed by atoms with Gasteiger partial charge in [-0.15, -0.1) is 0 Å². The van der Waals surface area contributed by atoms with Crippen molar-refractivity contribution in [2.24, 2.45) is 0 Å². The van der Waals surface area contributed by atoms with Crippen LogP contribution in [0.25, 0.3) is 22.2 Å². The van der Waals surface area contributed by atoms with Gasteiger partial charge in [-0.3, -0.25) is 0 Å². The molecule has 0 bridgehead atoms. The molecule has 0 spiro atoms. The summed E-state index contributed by atoms with van der Waals surface area (Å²) in [5.41, 5.74) is 2.38. The van der Waals surface area contributed by atoms with Crippen LogP contribution in [0.1, 0.15) is 0 Å². The topological polar surface area (TPSA) is 48.9 Å². The Morgan fingerprint density at radius 2 is 2.00 bits per heavy atom. The van der Waals surface area contributed by atoms with E-state index in [0.717, 1.165) is 22.2 Å². The minimum Gasteiger partial charge on any atom is -0.505 e. The maximum Gasteiger partial charge on any atom is 0.164 e. The van der Waals surface area contributed by atoms with E-state index in [0.29, 0.717) is 0 Å². The van der Waals surface area contributed by atoms with Gasteiger partial charge in [-0.2, -0.15) is 0 Å². The van der Waals surface area contributed by atoms with E-state index in [2.05, 4.69) is 9.97 Å². The third-order valence-electron chi connectivity index (χ3n) is 2.68. The quantitative estimate of drug-likeness (QED) is 0.672. The molecule has 3 rings (SSSR count). The van der Waals surface area contributed by atoms with Crippen LogP contribution in [-0.4, -0.2) is 15.1 Å².